The minimum atomic E-state index is -1.93. The van der Waals surface area contributed by atoms with Crippen molar-refractivity contribution in [2.75, 3.05) is 13.2 Å². The lowest BCUT2D eigenvalue weighted by molar-refractivity contribution is 0.00192. The molecule has 1 rings (SSSR count). The smallest absolute Gasteiger partial charge is 0.410 e. The van der Waals surface area contributed by atoms with Crippen molar-refractivity contribution in [3.8, 4) is 0 Å². The normalized spacial score (nSPS) is 22.6. The zero-order valence-corrected chi connectivity index (χ0v) is 18.5. The van der Waals surface area contributed by atoms with Crippen LogP contribution >= 0.6 is 0 Å². The molecule has 5 nitrogen and oxygen atoms in total. The van der Waals surface area contributed by atoms with Gasteiger partial charge in [-0.05, 0) is 50.9 Å². The number of rotatable bonds is 4. The first kappa shape index (κ1) is 22.2. The van der Waals surface area contributed by atoms with Crippen LogP contribution in [0.1, 0.15) is 54.9 Å². The van der Waals surface area contributed by atoms with Crippen molar-refractivity contribution in [1.82, 2.24) is 4.90 Å². The van der Waals surface area contributed by atoms with Crippen LogP contribution in [0.4, 0.5) is 4.79 Å². The van der Waals surface area contributed by atoms with E-state index >= 15 is 0 Å². The largest absolute Gasteiger partial charge is 0.444 e. The van der Waals surface area contributed by atoms with Crippen LogP contribution in [0.3, 0.4) is 0 Å². The highest BCUT2D eigenvalue weighted by Gasteiger charge is 2.40. The Bertz CT molecular complexity index is 503. The summed E-state index contributed by atoms with van der Waals surface area (Å²) in [7, 11) is -1.93. The summed E-state index contributed by atoms with van der Waals surface area (Å²) in [5.41, 5.74) is 0.462. The molecular weight excluding hydrogens is 334 g/mol. The molecule has 0 bridgehead atoms. The van der Waals surface area contributed by atoms with Crippen molar-refractivity contribution in [3.63, 3.8) is 0 Å². The Morgan fingerprint density at radius 1 is 1.28 bits per heavy atom. The Labute approximate surface area is 154 Å². The Morgan fingerprint density at radius 3 is 2.28 bits per heavy atom. The van der Waals surface area contributed by atoms with Crippen LogP contribution in [0.25, 0.3) is 0 Å². The molecule has 0 radical (unpaired) electrons. The Hall–Kier alpha value is -0.853. The van der Waals surface area contributed by atoms with Gasteiger partial charge >= 0.3 is 6.09 Å². The molecule has 2 unspecified atom stereocenters. The summed E-state index contributed by atoms with van der Waals surface area (Å²) < 4.78 is 11.9. The van der Waals surface area contributed by atoms with Crippen LogP contribution in [-0.4, -0.2) is 55.3 Å². The number of hydrogen-bond acceptors (Lipinski definition) is 4. The van der Waals surface area contributed by atoms with Gasteiger partial charge in [-0.2, -0.15) is 0 Å². The number of carbonyl (C=O) groups is 1. The average molecular weight is 372 g/mol. The number of aliphatic hydroxyl groups is 1. The van der Waals surface area contributed by atoms with Gasteiger partial charge in [0.15, 0.2) is 8.32 Å². The Kier molecular flexibility index (Phi) is 6.92. The van der Waals surface area contributed by atoms with Crippen molar-refractivity contribution in [3.05, 3.63) is 11.6 Å². The molecule has 146 valence electrons. The summed E-state index contributed by atoms with van der Waals surface area (Å²) >= 11 is 0. The fourth-order valence-electron chi connectivity index (χ4n) is 2.52. The van der Waals surface area contributed by atoms with Gasteiger partial charge in [0.05, 0.1) is 25.3 Å². The molecule has 1 aliphatic rings. The molecule has 2 atom stereocenters. The van der Waals surface area contributed by atoms with Gasteiger partial charge in [-0.1, -0.05) is 33.8 Å². The molecule has 0 spiro atoms. The third-order valence-electron chi connectivity index (χ3n) is 5.04. The van der Waals surface area contributed by atoms with Crippen LogP contribution in [-0.2, 0) is 9.16 Å². The van der Waals surface area contributed by atoms with Gasteiger partial charge in [-0.25, -0.2) is 4.79 Å². The third-order valence-corrected chi connectivity index (χ3v) is 9.54. The van der Waals surface area contributed by atoms with E-state index in [1.807, 2.05) is 33.8 Å². The maximum atomic E-state index is 12.7. The van der Waals surface area contributed by atoms with Gasteiger partial charge < -0.3 is 14.3 Å². The second-order valence-corrected chi connectivity index (χ2v) is 14.2. The fourth-order valence-corrected chi connectivity index (χ4v) is 3.52. The second-order valence-electron chi connectivity index (χ2n) is 9.38. The minimum absolute atomic E-state index is 0.105. The van der Waals surface area contributed by atoms with Gasteiger partial charge in [0.25, 0.3) is 0 Å². The van der Waals surface area contributed by atoms with Crippen LogP contribution in [0, 0.1) is 0 Å². The first-order valence-electron chi connectivity index (χ1n) is 9.20. The number of β-amino-alcohol motifs (C(OH)–C–C–N with tert-alkyl or cyclic N) is 1. The molecule has 0 aromatic carbocycles. The quantitative estimate of drug-likeness (QED) is 0.590. The molecule has 0 aromatic rings. The lowest BCUT2D eigenvalue weighted by Gasteiger charge is -2.42. The SMILES string of the molecule is CCC1=CC(O)CN(C(=O)OC(C)(C)C)C1CO[Si](C)(C)C(C)(C)C. The van der Waals surface area contributed by atoms with Gasteiger partial charge in [0.1, 0.15) is 5.60 Å². The molecule has 1 amide bonds. The summed E-state index contributed by atoms with van der Waals surface area (Å²) in [6.07, 6.45) is 1.57. The molecule has 1 N–H and O–H groups in total. The van der Waals surface area contributed by atoms with Crippen molar-refractivity contribution in [1.29, 1.82) is 0 Å². The monoisotopic (exact) mass is 371 g/mol. The average Bonchev–Trinajstić information content (AvgIpc) is 2.41. The predicted molar refractivity (Wildman–Crippen MR) is 104 cm³/mol. The van der Waals surface area contributed by atoms with Crippen LogP contribution in [0.15, 0.2) is 11.6 Å². The van der Waals surface area contributed by atoms with Crippen molar-refractivity contribution in [2.45, 2.75) is 90.8 Å². The van der Waals surface area contributed by atoms with Crippen LogP contribution in [0.2, 0.25) is 18.1 Å². The molecular formula is C19H37NO4Si. The molecule has 0 aliphatic carbocycles. The van der Waals surface area contributed by atoms with Crippen molar-refractivity contribution >= 4 is 14.4 Å². The summed E-state index contributed by atoms with van der Waals surface area (Å²) in [6, 6.07) is -0.183. The fraction of sp³-hybridized carbons (Fsp3) is 0.842. The van der Waals surface area contributed by atoms with Gasteiger partial charge in [0, 0.05) is 0 Å². The second kappa shape index (κ2) is 7.80. The molecule has 25 heavy (non-hydrogen) atoms. The third kappa shape index (κ3) is 6.11. The Balaban J connectivity index is 3.02. The number of ether oxygens (including phenoxy) is 1. The summed E-state index contributed by atoms with van der Waals surface area (Å²) in [4.78, 5) is 14.3. The topological polar surface area (TPSA) is 59.0 Å². The molecule has 0 fully saturated rings. The van der Waals surface area contributed by atoms with E-state index in [-0.39, 0.29) is 17.6 Å². The maximum Gasteiger partial charge on any atom is 0.410 e. The highest BCUT2D eigenvalue weighted by atomic mass is 28.4. The van der Waals surface area contributed by atoms with Gasteiger partial charge in [0.2, 0.25) is 0 Å². The van der Waals surface area contributed by atoms with E-state index in [0.29, 0.717) is 6.61 Å². The van der Waals surface area contributed by atoms with Crippen LogP contribution < -0.4 is 0 Å². The molecule has 6 heteroatoms. The predicted octanol–water partition coefficient (Wildman–Crippen LogP) is 4.32. The highest BCUT2D eigenvalue weighted by molar-refractivity contribution is 6.74. The standard InChI is InChI=1S/C19H37NO4Si/c1-10-14-11-15(21)12-20(17(22)24-18(2,3)4)16(14)13-23-25(8,9)19(5,6)7/h11,15-16,21H,10,12-13H2,1-9H3. The molecule has 1 aliphatic heterocycles. The minimum Gasteiger partial charge on any atom is -0.444 e. The van der Waals surface area contributed by atoms with E-state index in [9.17, 15) is 9.90 Å². The van der Waals surface area contributed by atoms with E-state index < -0.39 is 26.1 Å². The molecule has 0 saturated heterocycles. The van der Waals surface area contributed by atoms with Crippen LogP contribution in [0.5, 0.6) is 0 Å². The number of aliphatic hydroxyl groups excluding tert-OH is 1. The van der Waals surface area contributed by atoms with E-state index in [2.05, 4.69) is 33.9 Å². The number of amides is 1. The van der Waals surface area contributed by atoms with Crippen molar-refractivity contribution in [2.24, 2.45) is 0 Å². The maximum absolute atomic E-state index is 12.7. The molecule has 1 heterocycles. The van der Waals surface area contributed by atoms with E-state index in [0.717, 1.165) is 12.0 Å². The molecule has 0 aromatic heterocycles. The van der Waals surface area contributed by atoms with Gasteiger partial charge in [-0.15, -0.1) is 0 Å². The number of carbonyl (C=O) groups excluding carboxylic acids is 1. The lowest BCUT2D eigenvalue weighted by atomic mass is 9.97. The Morgan fingerprint density at radius 2 is 1.84 bits per heavy atom. The van der Waals surface area contributed by atoms with E-state index in [1.54, 1.807) is 4.90 Å². The first-order chi connectivity index (χ1) is 11.2. The number of hydrogen-bond donors (Lipinski definition) is 1. The number of nitrogens with zero attached hydrogens (tertiary/aromatic N) is 1. The van der Waals surface area contributed by atoms with E-state index in [4.69, 9.17) is 9.16 Å². The van der Waals surface area contributed by atoms with Crippen molar-refractivity contribution < 1.29 is 19.1 Å². The summed E-state index contributed by atoms with van der Waals surface area (Å²) in [5, 5.41) is 10.3. The summed E-state index contributed by atoms with van der Waals surface area (Å²) in [5.74, 6) is 0. The first-order valence-corrected chi connectivity index (χ1v) is 12.1. The zero-order chi connectivity index (χ0) is 19.6. The van der Waals surface area contributed by atoms with E-state index in [1.165, 1.54) is 0 Å². The molecule has 0 saturated carbocycles. The zero-order valence-electron chi connectivity index (χ0n) is 17.5. The highest BCUT2D eigenvalue weighted by Crippen LogP contribution is 2.37. The lowest BCUT2D eigenvalue weighted by Crippen LogP contribution is -2.53. The van der Waals surface area contributed by atoms with Gasteiger partial charge in [-0.3, -0.25) is 4.90 Å². The summed E-state index contributed by atoms with van der Waals surface area (Å²) in [6.45, 7) is 19.3.